The van der Waals surface area contributed by atoms with Crippen molar-refractivity contribution < 1.29 is 9.18 Å². The number of hydrogen-bond acceptors (Lipinski definition) is 3. The Morgan fingerprint density at radius 2 is 1.92 bits per heavy atom. The molecule has 1 amide bonds. The molecule has 0 spiro atoms. The van der Waals surface area contributed by atoms with E-state index in [1.807, 2.05) is 36.5 Å². The molecular weight excluding hydrogens is 355 g/mol. The molecule has 1 aliphatic heterocycles. The van der Waals surface area contributed by atoms with Gasteiger partial charge in [0.05, 0.1) is 4.91 Å². The Bertz CT molecular complexity index is 1020. The molecule has 124 valence electrons. The second-order valence-electron chi connectivity index (χ2n) is 5.71. The average molecular weight is 368 g/mol. The van der Waals surface area contributed by atoms with Crippen molar-refractivity contribution in [1.82, 2.24) is 9.88 Å². The lowest BCUT2D eigenvalue weighted by atomic mass is 10.1. The second-order valence-corrected chi connectivity index (χ2v) is 7.43. The molecule has 0 radical (unpaired) electrons. The van der Waals surface area contributed by atoms with E-state index < -0.39 is 0 Å². The number of para-hydroxylation sites is 1. The third-order valence-corrected chi connectivity index (χ3v) is 5.18. The van der Waals surface area contributed by atoms with Crippen LogP contribution in [0.2, 0.25) is 0 Å². The van der Waals surface area contributed by atoms with Crippen LogP contribution in [-0.4, -0.2) is 14.8 Å². The van der Waals surface area contributed by atoms with Crippen LogP contribution < -0.4 is 5.32 Å². The number of amides is 1. The quantitative estimate of drug-likeness (QED) is 0.552. The number of hydrogen-bond donors (Lipinski definition) is 1. The fraction of sp³-hybridized carbons (Fsp3) is 0.0526. The summed E-state index contributed by atoms with van der Waals surface area (Å²) in [7, 11) is 0. The van der Waals surface area contributed by atoms with Gasteiger partial charge < -0.3 is 9.88 Å². The van der Waals surface area contributed by atoms with Gasteiger partial charge in [-0.1, -0.05) is 54.3 Å². The molecule has 1 aromatic heterocycles. The number of benzene rings is 2. The highest BCUT2D eigenvalue weighted by atomic mass is 32.2. The number of thiocarbonyl (C=S) groups is 1. The Labute approximate surface area is 153 Å². The molecule has 0 aliphatic carbocycles. The smallest absolute Gasteiger partial charge is 0.263 e. The molecule has 1 aliphatic rings. The lowest BCUT2D eigenvalue weighted by molar-refractivity contribution is -0.115. The summed E-state index contributed by atoms with van der Waals surface area (Å²) in [4.78, 5) is 12.5. The summed E-state index contributed by atoms with van der Waals surface area (Å²) in [5.74, 6) is -0.405. The first-order valence-corrected chi connectivity index (χ1v) is 8.90. The maximum Gasteiger partial charge on any atom is 0.263 e. The first kappa shape index (κ1) is 16.1. The summed E-state index contributed by atoms with van der Waals surface area (Å²) in [5, 5.41) is 3.69. The van der Waals surface area contributed by atoms with Gasteiger partial charge in [0.25, 0.3) is 5.91 Å². The van der Waals surface area contributed by atoms with Crippen molar-refractivity contribution >= 4 is 51.2 Å². The molecule has 1 fully saturated rings. The number of aromatic nitrogens is 1. The van der Waals surface area contributed by atoms with Crippen molar-refractivity contribution in [3.8, 4) is 0 Å². The van der Waals surface area contributed by atoms with Crippen LogP contribution in [0.5, 0.6) is 0 Å². The van der Waals surface area contributed by atoms with E-state index in [2.05, 4.69) is 9.88 Å². The van der Waals surface area contributed by atoms with Crippen LogP contribution >= 0.6 is 24.0 Å². The van der Waals surface area contributed by atoms with Crippen LogP contribution in [0, 0.1) is 5.82 Å². The number of fused-ring (bicyclic) bond motifs is 1. The minimum atomic E-state index is -0.244. The van der Waals surface area contributed by atoms with Gasteiger partial charge in [0.2, 0.25) is 0 Å². The molecule has 2 heterocycles. The molecule has 6 heteroatoms. The highest BCUT2D eigenvalue weighted by Gasteiger charge is 2.22. The monoisotopic (exact) mass is 368 g/mol. The van der Waals surface area contributed by atoms with Crippen molar-refractivity contribution in [2.45, 2.75) is 6.54 Å². The highest BCUT2D eigenvalue weighted by molar-refractivity contribution is 8.26. The normalized spacial score (nSPS) is 16.0. The summed E-state index contributed by atoms with van der Waals surface area (Å²) < 4.78 is 15.7. The van der Waals surface area contributed by atoms with Gasteiger partial charge in [0.1, 0.15) is 10.1 Å². The fourth-order valence-electron chi connectivity index (χ4n) is 2.87. The number of halogens is 1. The SMILES string of the molecule is O=C1NC(=S)SC1=Cc1cn(Cc2ccc(F)cc2)c2ccccc12. The van der Waals surface area contributed by atoms with Crippen molar-refractivity contribution in [3.63, 3.8) is 0 Å². The molecule has 0 bridgehead atoms. The van der Waals surface area contributed by atoms with Crippen LogP contribution in [0.15, 0.2) is 59.6 Å². The third kappa shape index (κ3) is 3.23. The Morgan fingerprint density at radius 1 is 1.16 bits per heavy atom. The summed E-state index contributed by atoms with van der Waals surface area (Å²) in [6.07, 6.45) is 3.87. The van der Waals surface area contributed by atoms with E-state index in [9.17, 15) is 9.18 Å². The summed E-state index contributed by atoms with van der Waals surface area (Å²) in [6, 6.07) is 14.5. The number of rotatable bonds is 3. The zero-order valence-corrected chi connectivity index (χ0v) is 14.7. The van der Waals surface area contributed by atoms with Crippen LogP contribution in [0.1, 0.15) is 11.1 Å². The maximum absolute atomic E-state index is 13.1. The second kappa shape index (κ2) is 6.46. The van der Waals surface area contributed by atoms with E-state index in [-0.39, 0.29) is 11.7 Å². The van der Waals surface area contributed by atoms with Gasteiger partial charge >= 0.3 is 0 Å². The molecule has 4 rings (SSSR count). The molecule has 1 N–H and O–H groups in total. The zero-order chi connectivity index (χ0) is 17.4. The molecule has 1 saturated heterocycles. The highest BCUT2D eigenvalue weighted by Crippen LogP contribution is 2.30. The number of carbonyl (C=O) groups is 1. The minimum Gasteiger partial charge on any atom is -0.342 e. The molecule has 0 unspecified atom stereocenters. The van der Waals surface area contributed by atoms with Gasteiger partial charge in [0.15, 0.2) is 0 Å². The lowest BCUT2D eigenvalue weighted by Crippen LogP contribution is -2.17. The van der Waals surface area contributed by atoms with Crippen LogP contribution in [0.4, 0.5) is 4.39 Å². The zero-order valence-electron chi connectivity index (χ0n) is 13.0. The molecular formula is C19H13FN2OS2. The first-order valence-electron chi connectivity index (χ1n) is 7.67. The van der Waals surface area contributed by atoms with Crippen LogP contribution in [0.3, 0.4) is 0 Å². The third-order valence-electron chi connectivity index (χ3n) is 4.01. The Hall–Kier alpha value is -2.44. The van der Waals surface area contributed by atoms with Crippen LogP contribution in [0.25, 0.3) is 17.0 Å². The Kier molecular flexibility index (Phi) is 4.15. The van der Waals surface area contributed by atoms with E-state index in [4.69, 9.17) is 12.2 Å². The van der Waals surface area contributed by atoms with Crippen LogP contribution in [-0.2, 0) is 11.3 Å². The number of thioether (sulfide) groups is 1. The van der Waals surface area contributed by atoms with E-state index in [1.54, 1.807) is 12.1 Å². The first-order chi connectivity index (χ1) is 12.1. The average Bonchev–Trinajstić information content (AvgIpc) is 3.10. The van der Waals surface area contributed by atoms with Gasteiger partial charge in [-0.05, 0) is 29.8 Å². The number of carbonyl (C=O) groups excluding carboxylic acids is 1. The van der Waals surface area contributed by atoms with E-state index in [0.717, 1.165) is 22.0 Å². The Balaban J connectivity index is 1.76. The number of nitrogens with zero attached hydrogens (tertiary/aromatic N) is 1. The predicted octanol–water partition coefficient (Wildman–Crippen LogP) is 4.32. The van der Waals surface area contributed by atoms with Crippen molar-refractivity contribution in [1.29, 1.82) is 0 Å². The van der Waals surface area contributed by atoms with Gasteiger partial charge in [-0.25, -0.2) is 4.39 Å². The van der Waals surface area contributed by atoms with Gasteiger partial charge in [-0.15, -0.1) is 0 Å². The Morgan fingerprint density at radius 3 is 2.64 bits per heavy atom. The molecule has 3 nitrogen and oxygen atoms in total. The molecule has 0 atom stereocenters. The van der Waals surface area contributed by atoms with Gasteiger partial charge in [-0.3, -0.25) is 4.79 Å². The van der Waals surface area contributed by atoms with Gasteiger partial charge in [0, 0.05) is 29.2 Å². The maximum atomic E-state index is 13.1. The minimum absolute atomic E-state index is 0.162. The summed E-state index contributed by atoms with van der Waals surface area (Å²) in [5.41, 5.74) is 3.03. The molecule has 25 heavy (non-hydrogen) atoms. The largest absolute Gasteiger partial charge is 0.342 e. The summed E-state index contributed by atoms with van der Waals surface area (Å²) in [6.45, 7) is 0.627. The standard InChI is InChI=1S/C19H13FN2OS2/c20-14-7-5-12(6-8-14)10-22-11-13(15-3-1-2-4-16(15)22)9-17-18(23)21-19(24)25-17/h1-9,11H,10H2,(H,21,23,24). The molecule has 3 aromatic rings. The van der Waals surface area contributed by atoms with E-state index in [1.165, 1.54) is 23.9 Å². The van der Waals surface area contributed by atoms with E-state index in [0.29, 0.717) is 15.8 Å². The van der Waals surface area contributed by atoms with Crippen molar-refractivity contribution in [2.24, 2.45) is 0 Å². The molecule has 2 aromatic carbocycles. The summed E-state index contributed by atoms with van der Waals surface area (Å²) >= 11 is 6.31. The van der Waals surface area contributed by atoms with Crippen molar-refractivity contribution in [3.05, 3.63) is 76.6 Å². The topological polar surface area (TPSA) is 34.0 Å². The lowest BCUT2D eigenvalue weighted by Gasteiger charge is -2.05. The number of nitrogens with one attached hydrogen (secondary N) is 1. The van der Waals surface area contributed by atoms with Crippen molar-refractivity contribution in [2.75, 3.05) is 0 Å². The van der Waals surface area contributed by atoms with Gasteiger partial charge in [-0.2, -0.15) is 0 Å². The van der Waals surface area contributed by atoms with E-state index >= 15 is 0 Å². The molecule has 0 saturated carbocycles. The fourth-order valence-corrected chi connectivity index (χ4v) is 3.90. The predicted molar refractivity (Wildman–Crippen MR) is 104 cm³/mol.